The highest BCUT2D eigenvalue weighted by Crippen LogP contribution is 2.06. The Labute approximate surface area is 106 Å². The number of nitrogens with one attached hydrogen (secondary N) is 1. The minimum Gasteiger partial charge on any atom is -0.388 e. The van der Waals surface area contributed by atoms with Gasteiger partial charge in [0.1, 0.15) is 0 Å². The van der Waals surface area contributed by atoms with Crippen LogP contribution in [0.1, 0.15) is 33.1 Å². The molecule has 1 fully saturated rings. The normalized spacial score (nSPS) is 18.8. The van der Waals surface area contributed by atoms with Gasteiger partial charge in [-0.15, -0.1) is 0 Å². The van der Waals surface area contributed by atoms with E-state index in [2.05, 4.69) is 23.6 Å². The lowest BCUT2D eigenvalue weighted by atomic mass is 10.1. The van der Waals surface area contributed by atoms with Crippen LogP contribution in [-0.2, 0) is 0 Å². The summed E-state index contributed by atoms with van der Waals surface area (Å²) in [7, 11) is 0. The standard InChI is InChI=1S/C13H28N4/c1-12(2)11-17-9-7-16(8-10-17)6-4-3-5-13(14)15/h12H,3-11H2,1-2H3,(H3,14,15). The van der Waals surface area contributed by atoms with Crippen LogP contribution in [0.4, 0.5) is 0 Å². The van der Waals surface area contributed by atoms with E-state index in [1.807, 2.05) is 0 Å². The highest BCUT2D eigenvalue weighted by Gasteiger charge is 2.16. The molecule has 0 aromatic heterocycles. The third-order valence-corrected chi connectivity index (χ3v) is 3.26. The second kappa shape index (κ2) is 7.67. The van der Waals surface area contributed by atoms with Gasteiger partial charge in [-0.25, -0.2) is 0 Å². The van der Waals surface area contributed by atoms with Crippen molar-refractivity contribution in [3.05, 3.63) is 0 Å². The van der Waals surface area contributed by atoms with Gasteiger partial charge in [0.05, 0.1) is 5.84 Å². The second-order valence-corrected chi connectivity index (χ2v) is 5.52. The first kappa shape index (κ1) is 14.5. The lowest BCUT2D eigenvalue weighted by molar-refractivity contribution is 0.121. The molecule has 1 heterocycles. The van der Waals surface area contributed by atoms with Gasteiger partial charge in [0.2, 0.25) is 0 Å². The van der Waals surface area contributed by atoms with Crippen LogP contribution in [0.25, 0.3) is 0 Å². The second-order valence-electron chi connectivity index (χ2n) is 5.52. The van der Waals surface area contributed by atoms with Crippen molar-refractivity contribution >= 4 is 5.84 Å². The lowest BCUT2D eigenvalue weighted by Gasteiger charge is -2.35. The first-order valence-electron chi connectivity index (χ1n) is 6.85. The number of hydrogen-bond acceptors (Lipinski definition) is 3. The predicted molar refractivity (Wildman–Crippen MR) is 73.5 cm³/mol. The van der Waals surface area contributed by atoms with Crippen LogP contribution in [-0.4, -0.2) is 54.9 Å². The average molecular weight is 240 g/mol. The van der Waals surface area contributed by atoms with E-state index < -0.39 is 0 Å². The highest BCUT2D eigenvalue weighted by atomic mass is 15.3. The monoisotopic (exact) mass is 240 g/mol. The fourth-order valence-corrected chi connectivity index (χ4v) is 2.36. The lowest BCUT2D eigenvalue weighted by Crippen LogP contribution is -2.47. The third kappa shape index (κ3) is 6.64. The van der Waals surface area contributed by atoms with Crippen LogP contribution >= 0.6 is 0 Å². The molecule has 4 nitrogen and oxygen atoms in total. The summed E-state index contributed by atoms with van der Waals surface area (Å²) in [6.07, 6.45) is 2.98. The summed E-state index contributed by atoms with van der Waals surface area (Å²) in [5, 5.41) is 7.17. The Hall–Kier alpha value is -0.610. The van der Waals surface area contributed by atoms with Gasteiger partial charge in [0, 0.05) is 39.1 Å². The van der Waals surface area contributed by atoms with Crippen molar-refractivity contribution in [3.63, 3.8) is 0 Å². The van der Waals surface area contributed by atoms with Crippen molar-refractivity contribution in [2.24, 2.45) is 11.7 Å². The molecule has 0 unspecified atom stereocenters. The summed E-state index contributed by atoms with van der Waals surface area (Å²) >= 11 is 0. The van der Waals surface area contributed by atoms with Crippen molar-refractivity contribution < 1.29 is 0 Å². The number of rotatable bonds is 7. The number of piperazine rings is 1. The van der Waals surface area contributed by atoms with Gasteiger partial charge in [-0.05, 0) is 25.3 Å². The molecule has 0 aromatic rings. The molecular weight excluding hydrogens is 212 g/mol. The number of unbranched alkanes of at least 4 members (excludes halogenated alkanes) is 1. The first-order chi connectivity index (χ1) is 8.08. The van der Waals surface area contributed by atoms with E-state index in [1.54, 1.807) is 0 Å². The zero-order chi connectivity index (χ0) is 12.7. The van der Waals surface area contributed by atoms with Crippen molar-refractivity contribution in [3.8, 4) is 0 Å². The number of nitrogens with zero attached hydrogens (tertiary/aromatic N) is 2. The van der Waals surface area contributed by atoms with Crippen molar-refractivity contribution in [1.82, 2.24) is 9.80 Å². The fraction of sp³-hybridized carbons (Fsp3) is 0.923. The molecule has 1 saturated heterocycles. The van der Waals surface area contributed by atoms with Crippen LogP contribution in [0.15, 0.2) is 0 Å². The molecule has 4 heteroatoms. The van der Waals surface area contributed by atoms with Gasteiger partial charge in [0.25, 0.3) is 0 Å². The Kier molecular flexibility index (Phi) is 6.52. The molecule has 0 saturated carbocycles. The Morgan fingerprint density at radius 3 is 2.24 bits per heavy atom. The molecular formula is C13H28N4. The third-order valence-electron chi connectivity index (χ3n) is 3.26. The molecule has 100 valence electrons. The minimum absolute atomic E-state index is 0.326. The van der Waals surface area contributed by atoms with Gasteiger partial charge >= 0.3 is 0 Å². The van der Waals surface area contributed by atoms with Gasteiger partial charge in [-0.3, -0.25) is 5.41 Å². The molecule has 1 aliphatic heterocycles. The van der Waals surface area contributed by atoms with Gasteiger partial charge < -0.3 is 15.5 Å². The molecule has 1 aliphatic rings. The molecule has 0 atom stereocenters. The van der Waals surface area contributed by atoms with E-state index in [9.17, 15) is 0 Å². The van der Waals surface area contributed by atoms with E-state index in [4.69, 9.17) is 11.1 Å². The van der Waals surface area contributed by atoms with Gasteiger partial charge in [-0.2, -0.15) is 0 Å². The van der Waals surface area contributed by atoms with Crippen LogP contribution in [0.5, 0.6) is 0 Å². The Balaban J connectivity index is 2.04. The van der Waals surface area contributed by atoms with Crippen molar-refractivity contribution in [2.75, 3.05) is 39.3 Å². The van der Waals surface area contributed by atoms with Crippen molar-refractivity contribution in [1.29, 1.82) is 5.41 Å². The molecule has 0 bridgehead atoms. The Morgan fingerprint density at radius 2 is 1.71 bits per heavy atom. The minimum atomic E-state index is 0.326. The predicted octanol–water partition coefficient (Wildman–Crippen LogP) is 1.37. The molecule has 0 spiro atoms. The zero-order valence-electron chi connectivity index (χ0n) is 11.4. The fourth-order valence-electron chi connectivity index (χ4n) is 2.36. The van der Waals surface area contributed by atoms with Crippen LogP contribution < -0.4 is 5.73 Å². The van der Waals surface area contributed by atoms with E-state index in [-0.39, 0.29) is 0 Å². The smallest absolute Gasteiger partial charge is 0.0905 e. The quantitative estimate of drug-likeness (QED) is 0.401. The average Bonchev–Trinajstić information content (AvgIpc) is 2.25. The summed E-state index contributed by atoms with van der Waals surface area (Å²) in [5.74, 6) is 1.10. The number of hydrogen-bond donors (Lipinski definition) is 2. The molecule has 17 heavy (non-hydrogen) atoms. The largest absolute Gasteiger partial charge is 0.388 e. The maximum Gasteiger partial charge on any atom is 0.0905 e. The maximum absolute atomic E-state index is 7.17. The molecule has 0 radical (unpaired) electrons. The summed E-state index contributed by atoms with van der Waals surface area (Å²) in [4.78, 5) is 5.10. The molecule has 1 rings (SSSR count). The summed E-state index contributed by atoms with van der Waals surface area (Å²) in [5.41, 5.74) is 5.34. The van der Waals surface area contributed by atoms with Gasteiger partial charge in [-0.1, -0.05) is 13.8 Å². The van der Waals surface area contributed by atoms with E-state index in [0.717, 1.165) is 18.8 Å². The molecule has 0 amide bonds. The number of nitrogens with two attached hydrogens (primary N) is 1. The highest BCUT2D eigenvalue weighted by molar-refractivity contribution is 5.76. The first-order valence-corrected chi connectivity index (χ1v) is 6.85. The van der Waals surface area contributed by atoms with Crippen LogP contribution in [0.3, 0.4) is 0 Å². The molecule has 0 aromatic carbocycles. The van der Waals surface area contributed by atoms with Crippen molar-refractivity contribution in [2.45, 2.75) is 33.1 Å². The summed E-state index contributed by atoms with van der Waals surface area (Å²) in [6, 6.07) is 0. The van der Waals surface area contributed by atoms with E-state index in [1.165, 1.54) is 45.7 Å². The number of amidine groups is 1. The zero-order valence-corrected chi connectivity index (χ0v) is 11.4. The van der Waals surface area contributed by atoms with E-state index >= 15 is 0 Å². The molecule has 3 N–H and O–H groups in total. The van der Waals surface area contributed by atoms with Crippen LogP contribution in [0.2, 0.25) is 0 Å². The summed E-state index contributed by atoms with van der Waals surface area (Å²) in [6.45, 7) is 11.8. The Bertz CT molecular complexity index is 219. The van der Waals surface area contributed by atoms with Crippen LogP contribution in [0, 0.1) is 11.3 Å². The van der Waals surface area contributed by atoms with Gasteiger partial charge in [0.15, 0.2) is 0 Å². The summed E-state index contributed by atoms with van der Waals surface area (Å²) < 4.78 is 0. The maximum atomic E-state index is 7.17. The SMILES string of the molecule is CC(C)CN1CCN(CCCCC(=N)N)CC1. The Morgan fingerprint density at radius 1 is 1.12 bits per heavy atom. The topological polar surface area (TPSA) is 56.4 Å². The molecule has 0 aliphatic carbocycles. The van der Waals surface area contributed by atoms with E-state index in [0.29, 0.717) is 5.84 Å².